The van der Waals surface area contributed by atoms with Gasteiger partial charge in [0.1, 0.15) is 6.04 Å². The third kappa shape index (κ3) is 4.31. The number of amides is 1. The molecular weight excluding hydrogens is 370 g/mol. The smallest absolute Gasteiger partial charge is 0.326 e. The highest BCUT2D eigenvalue weighted by Gasteiger charge is 2.34. The van der Waals surface area contributed by atoms with Gasteiger partial charge in [0.05, 0.1) is 23.1 Å². The maximum absolute atomic E-state index is 12.7. The lowest BCUT2D eigenvalue weighted by Gasteiger charge is -2.15. The van der Waals surface area contributed by atoms with Gasteiger partial charge in [-0.1, -0.05) is 17.7 Å². The largest absolute Gasteiger partial charge is 0.480 e. The number of hydrogen-bond donors (Lipinski definition) is 2. The maximum Gasteiger partial charge on any atom is 0.326 e. The predicted molar refractivity (Wildman–Crippen MR) is 101 cm³/mol. The van der Waals surface area contributed by atoms with Gasteiger partial charge in [0.25, 0.3) is 5.91 Å². The Morgan fingerprint density at radius 1 is 1.44 bits per heavy atom. The molecule has 1 heterocycles. The second-order valence-corrected chi connectivity index (χ2v) is 7.12. The zero-order valence-corrected chi connectivity index (χ0v) is 16.0. The number of aromatic nitrogens is 2. The van der Waals surface area contributed by atoms with Crippen molar-refractivity contribution in [2.45, 2.75) is 38.1 Å². The monoisotopic (exact) mass is 391 g/mol. The van der Waals surface area contributed by atoms with Crippen LogP contribution in [-0.2, 0) is 9.53 Å². The SMILES string of the molecule is COCCC(NC(=O)c1cnn(-c2ccc(C)c(Cl)c2)c1C1CC1)C(=O)O. The highest BCUT2D eigenvalue weighted by Crippen LogP contribution is 2.42. The average molecular weight is 392 g/mol. The molecule has 0 saturated heterocycles. The van der Waals surface area contributed by atoms with Gasteiger partial charge in [-0.25, -0.2) is 9.48 Å². The summed E-state index contributed by atoms with van der Waals surface area (Å²) in [5.74, 6) is -1.30. The van der Waals surface area contributed by atoms with Crippen LogP contribution in [0.5, 0.6) is 0 Å². The topological polar surface area (TPSA) is 93.5 Å². The van der Waals surface area contributed by atoms with Crippen molar-refractivity contribution >= 4 is 23.5 Å². The Morgan fingerprint density at radius 2 is 2.19 bits per heavy atom. The molecule has 1 aliphatic rings. The van der Waals surface area contributed by atoms with Gasteiger partial charge in [-0.3, -0.25) is 4.79 Å². The van der Waals surface area contributed by atoms with Crippen molar-refractivity contribution in [1.82, 2.24) is 15.1 Å². The first kappa shape index (κ1) is 19.4. The van der Waals surface area contributed by atoms with Gasteiger partial charge < -0.3 is 15.2 Å². The number of carboxylic acids is 1. The fourth-order valence-corrected chi connectivity index (χ4v) is 3.11. The Balaban J connectivity index is 1.90. The van der Waals surface area contributed by atoms with Crippen molar-refractivity contribution in [2.75, 3.05) is 13.7 Å². The number of carboxylic acid groups (broad SMARTS) is 1. The van der Waals surface area contributed by atoms with Crippen LogP contribution < -0.4 is 5.32 Å². The number of carbonyl (C=O) groups is 2. The van der Waals surface area contributed by atoms with Gasteiger partial charge in [-0.2, -0.15) is 5.10 Å². The number of benzene rings is 1. The highest BCUT2D eigenvalue weighted by atomic mass is 35.5. The van der Waals surface area contributed by atoms with Crippen LogP contribution in [0.25, 0.3) is 5.69 Å². The fourth-order valence-electron chi connectivity index (χ4n) is 2.93. The lowest BCUT2D eigenvalue weighted by molar-refractivity contribution is -0.139. The van der Waals surface area contributed by atoms with Crippen molar-refractivity contribution in [3.05, 3.63) is 46.2 Å². The van der Waals surface area contributed by atoms with E-state index in [0.717, 1.165) is 29.8 Å². The molecule has 27 heavy (non-hydrogen) atoms. The number of aryl methyl sites for hydroxylation is 1. The van der Waals surface area contributed by atoms with Crippen LogP contribution in [0.15, 0.2) is 24.4 Å². The van der Waals surface area contributed by atoms with Gasteiger partial charge in [-0.05, 0) is 37.5 Å². The standard InChI is InChI=1S/C19H22ClN3O4/c1-11-3-6-13(9-15(11)20)23-17(12-4-5-12)14(10-21-23)18(24)22-16(19(25)26)7-8-27-2/h3,6,9-10,12,16H,4-5,7-8H2,1-2H3,(H,22,24)(H,25,26). The molecule has 0 bridgehead atoms. The molecule has 0 spiro atoms. The Bertz CT molecular complexity index is 861. The Hall–Kier alpha value is -2.38. The van der Waals surface area contributed by atoms with Crippen LogP contribution in [0.3, 0.4) is 0 Å². The molecule has 8 heteroatoms. The van der Waals surface area contributed by atoms with Crippen LogP contribution in [0.4, 0.5) is 0 Å². The minimum atomic E-state index is -1.09. The van der Waals surface area contributed by atoms with Gasteiger partial charge in [-0.15, -0.1) is 0 Å². The van der Waals surface area contributed by atoms with Gasteiger partial charge in [0, 0.05) is 31.1 Å². The lowest BCUT2D eigenvalue weighted by atomic mass is 10.1. The average Bonchev–Trinajstić information content (AvgIpc) is 3.38. The van der Waals surface area contributed by atoms with E-state index >= 15 is 0 Å². The Morgan fingerprint density at radius 3 is 2.78 bits per heavy atom. The Labute approximate surface area is 162 Å². The molecule has 1 saturated carbocycles. The normalized spacial score (nSPS) is 14.8. The van der Waals surface area contributed by atoms with Crippen molar-refractivity contribution < 1.29 is 19.4 Å². The van der Waals surface area contributed by atoms with Crippen LogP contribution in [0.2, 0.25) is 5.02 Å². The van der Waals surface area contributed by atoms with E-state index in [4.69, 9.17) is 16.3 Å². The maximum atomic E-state index is 12.7. The van der Waals surface area contributed by atoms with Crippen LogP contribution in [0.1, 0.15) is 46.8 Å². The lowest BCUT2D eigenvalue weighted by Crippen LogP contribution is -2.41. The minimum absolute atomic E-state index is 0.193. The molecule has 1 atom stereocenters. The molecule has 0 aliphatic heterocycles. The number of halogens is 1. The van der Waals surface area contributed by atoms with Crippen LogP contribution >= 0.6 is 11.6 Å². The number of methoxy groups -OCH3 is 1. The minimum Gasteiger partial charge on any atom is -0.480 e. The summed E-state index contributed by atoms with van der Waals surface area (Å²) in [5, 5.41) is 16.9. The molecule has 1 amide bonds. The number of hydrogen-bond acceptors (Lipinski definition) is 4. The third-order valence-electron chi connectivity index (χ3n) is 4.63. The van der Waals surface area contributed by atoms with Crippen LogP contribution in [0, 0.1) is 6.92 Å². The summed E-state index contributed by atoms with van der Waals surface area (Å²) >= 11 is 6.24. The molecule has 1 aromatic carbocycles. The molecule has 1 aliphatic carbocycles. The summed E-state index contributed by atoms with van der Waals surface area (Å²) in [7, 11) is 1.49. The zero-order valence-electron chi connectivity index (χ0n) is 15.2. The molecular formula is C19H22ClN3O4. The summed E-state index contributed by atoms with van der Waals surface area (Å²) in [6.45, 7) is 2.16. The summed E-state index contributed by atoms with van der Waals surface area (Å²) in [5.41, 5.74) is 2.93. The molecule has 1 unspecified atom stereocenters. The summed E-state index contributed by atoms with van der Waals surface area (Å²) < 4.78 is 6.65. The first-order valence-electron chi connectivity index (χ1n) is 8.79. The van der Waals surface area contributed by atoms with Crippen molar-refractivity contribution in [3.8, 4) is 5.69 Å². The van der Waals surface area contributed by atoms with E-state index in [1.807, 2.05) is 25.1 Å². The Kier molecular flexibility index (Phi) is 5.82. The molecule has 2 N–H and O–H groups in total. The van der Waals surface area contributed by atoms with E-state index in [0.29, 0.717) is 10.6 Å². The van der Waals surface area contributed by atoms with E-state index < -0.39 is 17.9 Å². The van der Waals surface area contributed by atoms with E-state index in [-0.39, 0.29) is 18.9 Å². The third-order valence-corrected chi connectivity index (χ3v) is 5.04. The predicted octanol–water partition coefficient (Wildman–Crippen LogP) is 2.93. The second-order valence-electron chi connectivity index (χ2n) is 6.71. The number of rotatable bonds is 8. The molecule has 0 radical (unpaired) electrons. The van der Waals surface area contributed by atoms with Crippen molar-refractivity contribution in [3.63, 3.8) is 0 Å². The van der Waals surface area contributed by atoms with Crippen molar-refractivity contribution in [1.29, 1.82) is 0 Å². The zero-order chi connectivity index (χ0) is 19.6. The first-order chi connectivity index (χ1) is 12.9. The van der Waals surface area contributed by atoms with Gasteiger partial charge in [0.2, 0.25) is 0 Å². The summed E-state index contributed by atoms with van der Waals surface area (Å²) in [6.07, 6.45) is 3.62. The number of nitrogens with zero attached hydrogens (tertiary/aromatic N) is 2. The first-order valence-corrected chi connectivity index (χ1v) is 9.17. The van der Waals surface area contributed by atoms with Gasteiger partial charge >= 0.3 is 5.97 Å². The number of carbonyl (C=O) groups excluding carboxylic acids is 1. The van der Waals surface area contributed by atoms with E-state index in [1.165, 1.54) is 13.3 Å². The summed E-state index contributed by atoms with van der Waals surface area (Å²) in [6, 6.07) is 4.61. The second kappa shape index (κ2) is 8.10. The quantitative estimate of drug-likeness (QED) is 0.721. The number of nitrogens with one attached hydrogen (secondary N) is 1. The molecule has 7 nitrogen and oxygen atoms in total. The number of ether oxygens (including phenoxy) is 1. The van der Waals surface area contributed by atoms with Crippen molar-refractivity contribution in [2.24, 2.45) is 0 Å². The highest BCUT2D eigenvalue weighted by molar-refractivity contribution is 6.31. The van der Waals surface area contributed by atoms with Crippen LogP contribution in [-0.4, -0.2) is 46.5 Å². The van der Waals surface area contributed by atoms with E-state index in [1.54, 1.807) is 4.68 Å². The molecule has 3 rings (SSSR count). The molecule has 1 aromatic heterocycles. The van der Waals surface area contributed by atoms with E-state index in [9.17, 15) is 14.7 Å². The fraction of sp³-hybridized carbons (Fsp3) is 0.421. The molecule has 144 valence electrons. The summed E-state index contributed by atoms with van der Waals surface area (Å²) in [4.78, 5) is 24.1. The molecule has 2 aromatic rings. The van der Waals surface area contributed by atoms with Gasteiger partial charge in [0.15, 0.2) is 0 Å². The molecule has 1 fully saturated rings. The van der Waals surface area contributed by atoms with E-state index in [2.05, 4.69) is 10.4 Å². The number of aliphatic carboxylic acids is 1.